The maximum atomic E-state index is 13.6. The number of halogens is 2. The Kier molecular flexibility index (Phi) is 4.20. The molecule has 134 valence electrons. The lowest BCUT2D eigenvalue weighted by molar-refractivity contribution is -0.115. The Morgan fingerprint density at radius 2 is 1.96 bits per heavy atom. The predicted octanol–water partition coefficient (Wildman–Crippen LogP) is 4.22. The molecule has 1 amide bonds. The van der Waals surface area contributed by atoms with E-state index in [-0.39, 0.29) is 18.1 Å². The fraction of sp³-hybridized carbons (Fsp3) is 0.211. The number of aryl methyl sites for hydroxylation is 1. The van der Waals surface area contributed by atoms with E-state index in [2.05, 4.69) is 10.3 Å². The number of hydrogen-bond acceptors (Lipinski definition) is 3. The van der Waals surface area contributed by atoms with Crippen molar-refractivity contribution >= 4 is 34.1 Å². The van der Waals surface area contributed by atoms with Crippen LogP contribution in [0, 0.1) is 12.7 Å². The molecule has 1 aliphatic heterocycles. The number of carbonyl (C=O) groups is 1. The van der Waals surface area contributed by atoms with Crippen molar-refractivity contribution in [3.8, 4) is 11.5 Å². The molecule has 4 rings (SSSR count). The highest BCUT2D eigenvalue weighted by Crippen LogP contribution is 2.38. The maximum Gasteiger partial charge on any atom is 0.228 e. The van der Waals surface area contributed by atoms with Crippen molar-refractivity contribution in [3.05, 3.63) is 52.4 Å². The predicted molar refractivity (Wildman–Crippen MR) is 97.8 cm³/mol. The van der Waals surface area contributed by atoms with E-state index in [9.17, 15) is 9.18 Å². The lowest BCUT2D eigenvalue weighted by Gasteiger charge is -2.20. The number of benzene rings is 2. The highest BCUT2D eigenvalue weighted by Gasteiger charge is 2.18. The first-order valence-electron chi connectivity index (χ1n) is 8.17. The lowest BCUT2D eigenvalue weighted by atomic mass is 10.1. The van der Waals surface area contributed by atoms with Crippen LogP contribution in [-0.4, -0.2) is 24.1 Å². The Bertz CT molecular complexity index is 1020. The molecule has 0 fully saturated rings. The van der Waals surface area contributed by atoms with E-state index >= 15 is 0 Å². The second kappa shape index (κ2) is 6.53. The van der Waals surface area contributed by atoms with Crippen LogP contribution >= 0.6 is 11.6 Å². The molecule has 0 atom stereocenters. The van der Waals surface area contributed by atoms with Gasteiger partial charge in [0.15, 0.2) is 11.5 Å². The Balaban J connectivity index is 1.58. The third-order valence-corrected chi connectivity index (χ3v) is 4.64. The van der Waals surface area contributed by atoms with E-state index < -0.39 is 0 Å². The summed E-state index contributed by atoms with van der Waals surface area (Å²) in [5.41, 5.74) is 2.83. The summed E-state index contributed by atoms with van der Waals surface area (Å²) in [7, 11) is 0. The number of aromatic amines is 1. The van der Waals surface area contributed by atoms with Gasteiger partial charge in [-0.1, -0.05) is 11.6 Å². The van der Waals surface area contributed by atoms with Crippen LogP contribution in [0.4, 0.5) is 10.1 Å². The monoisotopic (exact) mass is 374 g/mol. The van der Waals surface area contributed by atoms with Gasteiger partial charge < -0.3 is 19.8 Å². The molecule has 0 spiro atoms. The van der Waals surface area contributed by atoms with Crippen LogP contribution in [0.25, 0.3) is 10.9 Å². The summed E-state index contributed by atoms with van der Waals surface area (Å²) in [6.45, 7) is 2.77. The largest absolute Gasteiger partial charge is 0.486 e. The molecular formula is C19H16ClFN2O3. The van der Waals surface area contributed by atoms with Crippen molar-refractivity contribution < 1.29 is 18.7 Å². The number of nitrogens with one attached hydrogen (secondary N) is 2. The van der Waals surface area contributed by atoms with Crippen molar-refractivity contribution in [1.29, 1.82) is 0 Å². The standard InChI is InChI=1S/C19H16ClFN2O3/c1-10-12(13-6-11(21)2-3-15(13)22-10)7-19(24)23-16-9-18-17(8-14(16)20)25-4-5-26-18/h2-3,6,8-9,22H,4-5,7H2,1H3,(H,23,24). The Labute approximate surface area is 154 Å². The van der Waals surface area contributed by atoms with Gasteiger partial charge in [0.1, 0.15) is 19.0 Å². The van der Waals surface area contributed by atoms with Crippen LogP contribution in [-0.2, 0) is 11.2 Å². The van der Waals surface area contributed by atoms with Crippen molar-refractivity contribution in [2.75, 3.05) is 18.5 Å². The van der Waals surface area contributed by atoms with E-state index in [0.717, 1.165) is 16.8 Å². The summed E-state index contributed by atoms with van der Waals surface area (Å²) in [6.07, 6.45) is 0.0973. The minimum absolute atomic E-state index is 0.0973. The van der Waals surface area contributed by atoms with Gasteiger partial charge in [-0.3, -0.25) is 4.79 Å². The third kappa shape index (κ3) is 3.08. The first kappa shape index (κ1) is 16.7. The number of H-pyrrole nitrogens is 1. The molecule has 2 aromatic carbocycles. The minimum Gasteiger partial charge on any atom is -0.486 e. The fourth-order valence-corrected chi connectivity index (χ4v) is 3.30. The van der Waals surface area contributed by atoms with Gasteiger partial charge in [-0.2, -0.15) is 0 Å². The van der Waals surface area contributed by atoms with Gasteiger partial charge in [-0.15, -0.1) is 0 Å². The summed E-state index contributed by atoms with van der Waals surface area (Å²) in [5.74, 6) is 0.508. The van der Waals surface area contributed by atoms with Crippen LogP contribution in [0.3, 0.4) is 0 Å². The molecule has 0 saturated carbocycles. The molecule has 2 N–H and O–H groups in total. The minimum atomic E-state index is -0.340. The third-order valence-electron chi connectivity index (χ3n) is 4.32. The first-order valence-corrected chi connectivity index (χ1v) is 8.55. The van der Waals surface area contributed by atoms with E-state index in [1.165, 1.54) is 12.1 Å². The van der Waals surface area contributed by atoms with Gasteiger partial charge >= 0.3 is 0 Å². The van der Waals surface area contributed by atoms with E-state index in [1.54, 1.807) is 18.2 Å². The number of anilines is 1. The van der Waals surface area contributed by atoms with Crippen molar-refractivity contribution in [3.63, 3.8) is 0 Å². The van der Waals surface area contributed by atoms with Crippen LogP contribution in [0.2, 0.25) is 5.02 Å². The lowest BCUT2D eigenvalue weighted by Crippen LogP contribution is -2.17. The summed E-state index contributed by atoms with van der Waals surface area (Å²) < 4.78 is 24.5. The van der Waals surface area contributed by atoms with E-state index in [4.69, 9.17) is 21.1 Å². The SMILES string of the molecule is Cc1[nH]c2ccc(F)cc2c1CC(=O)Nc1cc2c(cc1Cl)OCCO2. The molecule has 26 heavy (non-hydrogen) atoms. The van der Waals surface area contributed by atoms with E-state index in [1.807, 2.05) is 6.92 Å². The number of carbonyl (C=O) groups excluding carboxylic acids is 1. The van der Waals surface area contributed by atoms with E-state index in [0.29, 0.717) is 40.8 Å². The number of ether oxygens (including phenoxy) is 2. The molecule has 0 unspecified atom stereocenters. The molecule has 1 aliphatic rings. The smallest absolute Gasteiger partial charge is 0.228 e. The molecule has 5 nitrogen and oxygen atoms in total. The number of rotatable bonds is 3. The van der Waals surface area contributed by atoms with Crippen LogP contribution in [0.15, 0.2) is 30.3 Å². The average molecular weight is 375 g/mol. The molecule has 2 heterocycles. The number of amides is 1. The number of hydrogen-bond donors (Lipinski definition) is 2. The molecule has 0 radical (unpaired) electrons. The highest BCUT2D eigenvalue weighted by atomic mass is 35.5. The molecule has 0 bridgehead atoms. The van der Waals surface area contributed by atoms with Gasteiger partial charge in [0.05, 0.1) is 17.1 Å². The molecule has 3 aromatic rings. The Morgan fingerprint density at radius 3 is 2.73 bits per heavy atom. The summed E-state index contributed by atoms with van der Waals surface area (Å²) in [4.78, 5) is 15.7. The average Bonchev–Trinajstić information content (AvgIpc) is 2.91. The van der Waals surface area contributed by atoms with Crippen LogP contribution < -0.4 is 14.8 Å². The summed E-state index contributed by atoms with van der Waals surface area (Å²) in [6, 6.07) is 7.75. The molecule has 7 heteroatoms. The van der Waals surface area contributed by atoms with Gasteiger partial charge in [0.2, 0.25) is 5.91 Å². The molecule has 1 aromatic heterocycles. The van der Waals surface area contributed by atoms with Crippen LogP contribution in [0.1, 0.15) is 11.3 Å². The Hall–Kier alpha value is -2.73. The Morgan fingerprint density at radius 1 is 1.23 bits per heavy atom. The zero-order valence-electron chi connectivity index (χ0n) is 14.0. The van der Waals surface area contributed by atoms with Gasteiger partial charge in [0, 0.05) is 28.7 Å². The number of fused-ring (bicyclic) bond motifs is 2. The zero-order chi connectivity index (χ0) is 18.3. The zero-order valence-corrected chi connectivity index (χ0v) is 14.7. The number of aromatic nitrogens is 1. The topological polar surface area (TPSA) is 63.4 Å². The fourth-order valence-electron chi connectivity index (χ4n) is 3.10. The molecular weight excluding hydrogens is 359 g/mol. The van der Waals surface area contributed by atoms with Gasteiger partial charge in [0.25, 0.3) is 0 Å². The van der Waals surface area contributed by atoms with Crippen molar-refractivity contribution in [2.45, 2.75) is 13.3 Å². The second-order valence-electron chi connectivity index (χ2n) is 6.12. The van der Waals surface area contributed by atoms with Crippen molar-refractivity contribution in [2.24, 2.45) is 0 Å². The highest BCUT2D eigenvalue weighted by molar-refractivity contribution is 6.34. The van der Waals surface area contributed by atoms with Crippen molar-refractivity contribution in [1.82, 2.24) is 4.98 Å². The maximum absolute atomic E-state index is 13.6. The van der Waals surface area contributed by atoms with Gasteiger partial charge in [-0.25, -0.2) is 4.39 Å². The molecule has 0 saturated heterocycles. The summed E-state index contributed by atoms with van der Waals surface area (Å²) >= 11 is 6.23. The second-order valence-corrected chi connectivity index (χ2v) is 6.53. The quantitative estimate of drug-likeness (QED) is 0.721. The van der Waals surface area contributed by atoms with Crippen LogP contribution in [0.5, 0.6) is 11.5 Å². The molecule has 0 aliphatic carbocycles. The normalized spacial score (nSPS) is 13.0. The first-order chi connectivity index (χ1) is 12.5. The summed E-state index contributed by atoms with van der Waals surface area (Å²) in [5, 5.41) is 3.86. The van der Waals surface area contributed by atoms with Gasteiger partial charge in [-0.05, 0) is 30.7 Å².